The summed E-state index contributed by atoms with van der Waals surface area (Å²) in [5.41, 5.74) is 4.89. The van der Waals surface area contributed by atoms with Crippen molar-refractivity contribution in [1.82, 2.24) is 20.1 Å². The van der Waals surface area contributed by atoms with Crippen LogP contribution in [0.3, 0.4) is 0 Å². The number of amides is 1. The molecule has 4 rings (SSSR count). The first-order valence-electron chi connectivity index (χ1n) is 9.62. The highest BCUT2D eigenvalue weighted by atomic mass is 19.1. The Hall–Kier alpha value is -3.80. The molecule has 150 valence electrons. The maximum absolute atomic E-state index is 14.4. The van der Waals surface area contributed by atoms with Crippen molar-refractivity contribution in [1.29, 1.82) is 0 Å². The summed E-state index contributed by atoms with van der Waals surface area (Å²) in [6.07, 6.45) is 3.36. The molecule has 0 spiro atoms. The van der Waals surface area contributed by atoms with Crippen LogP contribution < -0.4 is 5.32 Å². The molecule has 0 saturated carbocycles. The average molecular weight is 400 g/mol. The lowest BCUT2D eigenvalue weighted by molar-refractivity contribution is 0.0943. The van der Waals surface area contributed by atoms with Crippen molar-refractivity contribution in [3.63, 3.8) is 0 Å². The lowest BCUT2D eigenvalue weighted by atomic mass is 10.1. The van der Waals surface area contributed by atoms with Gasteiger partial charge >= 0.3 is 0 Å². The Morgan fingerprint density at radius 1 is 1.03 bits per heavy atom. The standard InChI is InChI=1S/C24H21FN4O/c1-16-7-8-22(17(2)13-16)29-23(24(30)27-15-18-9-11-26-12-10-18)14-21(28-29)19-5-3-4-6-20(19)25/h3-14H,15H2,1-2H3,(H,27,30). The number of nitrogens with zero attached hydrogens (tertiary/aromatic N) is 3. The van der Waals surface area contributed by atoms with Crippen molar-refractivity contribution >= 4 is 5.91 Å². The molecule has 0 aliphatic rings. The van der Waals surface area contributed by atoms with Crippen LogP contribution >= 0.6 is 0 Å². The number of pyridine rings is 1. The predicted octanol–water partition coefficient (Wildman–Crippen LogP) is 4.62. The fourth-order valence-electron chi connectivity index (χ4n) is 3.34. The van der Waals surface area contributed by atoms with Crippen LogP contribution in [0.4, 0.5) is 4.39 Å². The van der Waals surface area contributed by atoms with Gasteiger partial charge in [-0.25, -0.2) is 9.07 Å². The largest absolute Gasteiger partial charge is 0.347 e. The van der Waals surface area contributed by atoms with Crippen molar-refractivity contribution in [3.8, 4) is 16.9 Å². The Balaban J connectivity index is 1.75. The van der Waals surface area contributed by atoms with E-state index in [2.05, 4.69) is 15.4 Å². The minimum Gasteiger partial charge on any atom is -0.347 e. The first-order valence-corrected chi connectivity index (χ1v) is 9.62. The first kappa shape index (κ1) is 19.5. The van der Waals surface area contributed by atoms with Crippen LogP contribution in [0.25, 0.3) is 16.9 Å². The lowest BCUT2D eigenvalue weighted by Gasteiger charge is -2.11. The first-order chi connectivity index (χ1) is 14.5. The maximum atomic E-state index is 14.4. The van der Waals surface area contributed by atoms with Crippen LogP contribution in [0, 0.1) is 19.7 Å². The predicted molar refractivity (Wildman–Crippen MR) is 114 cm³/mol. The number of carbonyl (C=O) groups is 1. The topological polar surface area (TPSA) is 59.8 Å². The zero-order chi connectivity index (χ0) is 21.1. The fourth-order valence-corrected chi connectivity index (χ4v) is 3.34. The molecule has 2 aromatic carbocycles. The van der Waals surface area contributed by atoms with Crippen LogP contribution in [0.5, 0.6) is 0 Å². The van der Waals surface area contributed by atoms with Gasteiger partial charge in [0.25, 0.3) is 5.91 Å². The van der Waals surface area contributed by atoms with E-state index < -0.39 is 0 Å². The smallest absolute Gasteiger partial charge is 0.270 e. The van der Waals surface area contributed by atoms with Crippen LogP contribution in [0.15, 0.2) is 73.1 Å². The zero-order valence-electron chi connectivity index (χ0n) is 16.8. The van der Waals surface area contributed by atoms with E-state index in [1.54, 1.807) is 41.3 Å². The zero-order valence-corrected chi connectivity index (χ0v) is 16.8. The third-order valence-electron chi connectivity index (χ3n) is 4.87. The summed E-state index contributed by atoms with van der Waals surface area (Å²) in [6, 6.07) is 17.6. The molecular weight excluding hydrogens is 379 g/mol. The van der Waals surface area contributed by atoms with Crippen molar-refractivity contribution in [2.24, 2.45) is 0 Å². The molecule has 0 saturated heterocycles. The van der Waals surface area contributed by atoms with Gasteiger partial charge in [0.2, 0.25) is 0 Å². The van der Waals surface area contributed by atoms with Gasteiger partial charge in [-0.1, -0.05) is 29.8 Å². The SMILES string of the molecule is Cc1ccc(-n2nc(-c3ccccc3F)cc2C(=O)NCc2ccncc2)c(C)c1. The van der Waals surface area contributed by atoms with Gasteiger partial charge in [0.05, 0.1) is 11.4 Å². The molecule has 4 aromatic rings. The highest BCUT2D eigenvalue weighted by Crippen LogP contribution is 2.25. The second-order valence-corrected chi connectivity index (χ2v) is 7.13. The van der Waals surface area contributed by atoms with E-state index in [-0.39, 0.29) is 11.7 Å². The van der Waals surface area contributed by atoms with Gasteiger partial charge in [-0.05, 0) is 61.4 Å². The van der Waals surface area contributed by atoms with E-state index in [1.165, 1.54) is 6.07 Å². The van der Waals surface area contributed by atoms with Crippen molar-refractivity contribution < 1.29 is 9.18 Å². The minimum absolute atomic E-state index is 0.290. The molecule has 0 unspecified atom stereocenters. The Labute approximate surface area is 174 Å². The normalized spacial score (nSPS) is 10.8. The summed E-state index contributed by atoms with van der Waals surface area (Å²) in [5, 5.41) is 7.50. The molecule has 0 bridgehead atoms. The average Bonchev–Trinajstić information content (AvgIpc) is 3.18. The van der Waals surface area contributed by atoms with E-state index in [9.17, 15) is 9.18 Å². The van der Waals surface area contributed by atoms with Gasteiger partial charge in [-0.3, -0.25) is 9.78 Å². The highest BCUT2D eigenvalue weighted by Gasteiger charge is 2.20. The number of carbonyl (C=O) groups excluding carboxylic acids is 1. The molecule has 30 heavy (non-hydrogen) atoms. The van der Waals surface area contributed by atoms with Crippen molar-refractivity contribution in [3.05, 3.63) is 101 Å². The Morgan fingerprint density at radius 3 is 2.53 bits per heavy atom. The molecule has 2 aromatic heterocycles. The number of hydrogen-bond donors (Lipinski definition) is 1. The molecule has 6 heteroatoms. The van der Waals surface area contributed by atoms with E-state index in [0.29, 0.717) is 23.5 Å². The molecule has 0 aliphatic carbocycles. The number of rotatable bonds is 5. The van der Waals surface area contributed by atoms with Gasteiger partial charge in [-0.2, -0.15) is 5.10 Å². The number of aryl methyl sites for hydroxylation is 2. The van der Waals surface area contributed by atoms with Gasteiger partial charge in [0.1, 0.15) is 11.5 Å². The number of benzene rings is 2. The summed E-state index contributed by atoms with van der Waals surface area (Å²) in [5.74, 6) is -0.673. The summed E-state index contributed by atoms with van der Waals surface area (Å²) in [7, 11) is 0. The molecule has 2 heterocycles. The second-order valence-electron chi connectivity index (χ2n) is 7.13. The number of hydrogen-bond acceptors (Lipinski definition) is 3. The summed E-state index contributed by atoms with van der Waals surface area (Å²) < 4.78 is 15.9. The van der Waals surface area contributed by atoms with Gasteiger partial charge in [0, 0.05) is 24.5 Å². The van der Waals surface area contributed by atoms with E-state index in [0.717, 1.165) is 22.4 Å². The molecular formula is C24H21FN4O. The monoisotopic (exact) mass is 400 g/mol. The van der Waals surface area contributed by atoms with Gasteiger partial charge < -0.3 is 5.32 Å². The van der Waals surface area contributed by atoms with E-state index in [4.69, 9.17) is 0 Å². The maximum Gasteiger partial charge on any atom is 0.270 e. The molecule has 1 amide bonds. The van der Waals surface area contributed by atoms with Gasteiger partial charge in [0.15, 0.2) is 0 Å². The summed E-state index contributed by atoms with van der Waals surface area (Å²) >= 11 is 0. The lowest BCUT2D eigenvalue weighted by Crippen LogP contribution is -2.25. The van der Waals surface area contributed by atoms with Crippen LogP contribution in [0.2, 0.25) is 0 Å². The highest BCUT2D eigenvalue weighted by molar-refractivity contribution is 5.94. The molecule has 0 fully saturated rings. The molecule has 0 radical (unpaired) electrons. The third-order valence-corrected chi connectivity index (χ3v) is 4.87. The number of aromatic nitrogens is 3. The Morgan fingerprint density at radius 2 is 1.80 bits per heavy atom. The number of halogens is 1. The minimum atomic E-state index is -0.383. The van der Waals surface area contributed by atoms with Crippen LogP contribution in [0.1, 0.15) is 27.2 Å². The summed E-state index contributed by atoms with van der Waals surface area (Å²) in [4.78, 5) is 17.0. The van der Waals surface area contributed by atoms with Crippen molar-refractivity contribution in [2.75, 3.05) is 0 Å². The quantitative estimate of drug-likeness (QED) is 0.532. The number of nitrogens with one attached hydrogen (secondary N) is 1. The van der Waals surface area contributed by atoms with Crippen molar-refractivity contribution in [2.45, 2.75) is 20.4 Å². The summed E-state index contributed by atoms with van der Waals surface area (Å²) in [6.45, 7) is 4.33. The van der Waals surface area contributed by atoms with E-state index >= 15 is 0 Å². The van der Waals surface area contributed by atoms with E-state index in [1.807, 2.05) is 44.2 Å². The fraction of sp³-hybridized carbons (Fsp3) is 0.125. The second kappa shape index (κ2) is 8.29. The molecule has 1 N–H and O–H groups in total. The molecule has 5 nitrogen and oxygen atoms in total. The van der Waals surface area contributed by atoms with Gasteiger partial charge in [-0.15, -0.1) is 0 Å². The van der Waals surface area contributed by atoms with Crippen LogP contribution in [-0.2, 0) is 6.54 Å². The third kappa shape index (κ3) is 3.98. The Bertz CT molecular complexity index is 1200. The Kier molecular flexibility index (Phi) is 5.39. The van der Waals surface area contributed by atoms with Crippen LogP contribution in [-0.4, -0.2) is 20.7 Å². The molecule has 0 aliphatic heterocycles. The molecule has 0 atom stereocenters.